The van der Waals surface area contributed by atoms with E-state index in [1.54, 1.807) is 6.08 Å². The van der Waals surface area contributed by atoms with Crippen molar-refractivity contribution < 1.29 is 4.39 Å². The summed E-state index contributed by atoms with van der Waals surface area (Å²) < 4.78 is 12.0. The smallest absolute Gasteiger partial charge is 0.116 e. The van der Waals surface area contributed by atoms with Crippen molar-refractivity contribution in [1.82, 2.24) is 5.32 Å². The lowest BCUT2D eigenvalue weighted by Gasteiger charge is -1.98. The van der Waals surface area contributed by atoms with Crippen molar-refractivity contribution in [3.8, 4) is 0 Å². The second-order valence-electron chi connectivity index (χ2n) is 2.07. The molecule has 3 heteroatoms. The number of allylic oxidation sites excluding steroid dienone is 2. The van der Waals surface area contributed by atoms with E-state index in [2.05, 4.69) is 18.5 Å². The summed E-state index contributed by atoms with van der Waals surface area (Å²) in [5, 5.41) is 2.85. The van der Waals surface area contributed by atoms with Crippen molar-refractivity contribution in [3.05, 3.63) is 36.7 Å². The molecule has 0 aliphatic carbocycles. The first-order valence-electron chi connectivity index (χ1n) is 4.28. The Balaban J connectivity index is 0. The third kappa shape index (κ3) is 14.0. The fourth-order valence-electron chi connectivity index (χ4n) is 0.500. The highest BCUT2D eigenvalue weighted by molar-refractivity contribution is 5.21. The van der Waals surface area contributed by atoms with Crippen molar-refractivity contribution in [2.75, 3.05) is 13.2 Å². The molecule has 0 saturated heterocycles. The predicted molar refractivity (Wildman–Crippen MR) is 56.9 cm³/mol. The van der Waals surface area contributed by atoms with E-state index >= 15 is 0 Å². The Morgan fingerprint density at radius 3 is 2.31 bits per heavy atom. The molecule has 3 N–H and O–H groups in total. The minimum Gasteiger partial charge on any atom is -0.318 e. The molecule has 0 aliphatic rings. The van der Waals surface area contributed by atoms with Gasteiger partial charge in [-0.2, -0.15) is 0 Å². The highest BCUT2D eigenvalue weighted by Gasteiger charge is 1.86. The van der Waals surface area contributed by atoms with Crippen LogP contribution in [0.5, 0.6) is 0 Å². The van der Waals surface area contributed by atoms with E-state index in [1.807, 2.05) is 13.8 Å². The number of hydrogen-bond acceptors (Lipinski definition) is 2. The van der Waals surface area contributed by atoms with E-state index in [-0.39, 0.29) is 0 Å². The molecule has 0 atom stereocenters. The van der Waals surface area contributed by atoms with Crippen molar-refractivity contribution >= 4 is 0 Å². The topological polar surface area (TPSA) is 38.0 Å². The van der Waals surface area contributed by atoms with Crippen LogP contribution >= 0.6 is 0 Å². The van der Waals surface area contributed by atoms with Gasteiger partial charge in [-0.05, 0) is 11.6 Å². The van der Waals surface area contributed by atoms with Gasteiger partial charge in [-0.1, -0.05) is 33.1 Å². The largest absolute Gasteiger partial charge is 0.318 e. The van der Waals surface area contributed by atoms with Crippen LogP contribution < -0.4 is 11.1 Å². The van der Waals surface area contributed by atoms with E-state index in [1.165, 1.54) is 6.08 Å². The molecule has 0 saturated carbocycles. The summed E-state index contributed by atoms with van der Waals surface area (Å²) in [7, 11) is 0. The predicted octanol–water partition coefficient (Wildman–Crippen LogP) is 2.11. The number of nitrogens with two attached hydrogens (primary N) is 1. The Hall–Kier alpha value is -0.930. The van der Waals surface area contributed by atoms with Crippen LogP contribution in [0.3, 0.4) is 0 Å². The summed E-state index contributed by atoms with van der Waals surface area (Å²) in [6, 6.07) is 0. The SMILES string of the molecule is C=C(F)/C=C\C(=C)CNCN.CC. The molecule has 0 aromatic rings. The molecule has 0 aliphatic heterocycles. The molecule has 0 unspecified atom stereocenters. The second kappa shape index (κ2) is 11.1. The zero-order valence-electron chi connectivity index (χ0n) is 8.44. The molecule has 0 fully saturated rings. The van der Waals surface area contributed by atoms with Gasteiger partial charge in [-0.25, -0.2) is 4.39 Å². The van der Waals surface area contributed by atoms with Gasteiger partial charge in [-0.3, -0.25) is 0 Å². The normalized spacial score (nSPS) is 9.23. The van der Waals surface area contributed by atoms with Gasteiger partial charge in [0.1, 0.15) is 5.83 Å². The van der Waals surface area contributed by atoms with Gasteiger partial charge in [0.05, 0.1) is 0 Å². The first-order valence-corrected chi connectivity index (χ1v) is 4.28. The van der Waals surface area contributed by atoms with Crippen LogP contribution in [0.2, 0.25) is 0 Å². The lowest BCUT2D eigenvalue weighted by Crippen LogP contribution is -2.23. The minimum atomic E-state index is -0.473. The Kier molecular flexibility index (Phi) is 12.4. The van der Waals surface area contributed by atoms with Crippen molar-refractivity contribution in [2.24, 2.45) is 5.73 Å². The summed E-state index contributed by atoms with van der Waals surface area (Å²) in [4.78, 5) is 0. The maximum Gasteiger partial charge on any atom is 0.116 e. The minimum absolute atomic E-state index is 0.392. The summed E-state index contributed by atoms with van der Waals surface area (Å²) in [5.74, 6) is -0.473. The quantitative estimate of drug-likeness (QED) is 0.510. The van der Waals surface area contributed by atoms with Gasteiger partial charge in [0, 0.05) is 13.2 Å². The van der Waals surface area contributed by atoms with Gasteiger partial charge in [-0.15, -0.1) is 0 Å². The molecule has 0 aromatic carbocycles. The van der Waals surface area contributed by atoms with E-state index in [0.717, 1.165) is 5.57 Å². The zero-order chi connectivity index (χ0) is 10.7. The number of hydrogen-bond donors (Lipinski definition) is 2. The van der Waals surface area contributed by atoms with Gasteiger partial charge in [0.25, 0.3) is 0 Å². The van der Waals surface area contributed by atoms with Crippen LogP contribution in [0.1, 0.15) is 13.8 Å². The molecular weight excluding hydrogens is 167 g/mol. The Labute approximate surface area is 80.0 Å². The number of halogens is 1. The van der Waals surface area contributed by atoms with Crippen LogP contribution in [0.15, 0.2) is 36.7 Å². The van der Waals surface area contributed by atoms with E-state index in [4.69, 9.17) is 5.73 Å². The number of rotatable bonds is 5. The maximum absolute atomic E-state index is 12.0. The van der Waals surface area contributed by atoms with Crippen molar-refractivity contribution in [3.63, 3.8) is 0 Å². The molecule has 0 rings (SSSR count). The Bertz CT molecular complexity index is 174. The lowest BCUT2D eigenvalue weighted by molar-refractivity contribution is 0.671. The first kappa shape index (κ1) is 14.6. The molecule has 76 valence electrons. The van der Waals surface area contributed by atoms with Gasteiger partial charge in [0.15, 0.2) is 0 Å². The van der Waals surface area contributed by atoms with Crippen LogP contribution in [-0.4, -0.2) is 13.2 Å². The van der Waals surface area contributed by atoms with E-state index in [9.17, 15) is 4.39 Å². The van der Waals surface area contributed by atoms with Crippen LogP contribution in [-0.2, 0) is 0 Å². The van der Waals surface area contributed by atoms with Gasteiger partial charge < -0.3 is 11.1 Å². The Morgan fingerprint density at radius 1 is 1.38 bits per heavy atom. The van der Waals surface area contributed by atoms with Crippen LogP contribution in [0.25, 0.3) is 0 Å². The van der Waals surface area contributed by atoms with Crippen molar-refractivity contribution in [2.45, 2.75) is 13.8 Å². The van der Waals surface area contributed by atoms with E-state index < -0.39 is 5.83 Å². The summed E-state index contributed by atoms with van der Waals surface area (Å²) in [5.41, 5.74) is 5.94. The standard InChI is InChI=1S/C8H13FN2.C2H6/c1-7(5-11-6-10)3-4-8(2)9;1-2/h3-4,11H,1-2,5-6,10H2;1-2H3/b4-3-;. The molecule has 13 heavy (non-hydrogen) atoms. The van der Waals surface area contributed by atoms with Gasteiger partial charge in [0.2, 0.25) is 0 Å². The Morgan fingerprint density at radius 2 is 1.92 bits per heavy atom. The van der Waals surface area contributed by atoms with Crippen molar-refractivity contribution in [1.29, 1.82) is 0 Å². The summed E-state index contributed by atoms with van der Waals surface area (Å²) in [6.45, 7) is 11.7. The molecule has 0 amide bonds. The second-order valence-corrected chi connectivity index (χ2v) is 2.07. The molecule has 0 bridgehead atoms. The lowest BCUT2D eigenvalue weighted by atomic mass is 10.2. The van der Waals surface area contributed by atoms with E-state index in [0.29, 0.717) is 13.2 Å². The molecular formula is C10H19FN2. The average Bonchev–Trinajstić information content (AvgIpc) is 2.14. The summed E-state index contributed by atoms with van der Waals surface area (Å²) >= 11 is 0. The van der Waals surface area contributed by atoms with Gasteiger partial charge >= 0.3 is 0 Å². The highest BCUT2D eigenvalue weighted by Crippen LogP contribution is 1.97. The molecule has 0 radical (unpaired) electrons. The monoisotopic (exact) mass is 186 g/mol. The third-order valence-electron chi connectivity index (χ3n) is 0.996. The molecule has 0 spiro atoms. The first-order chi connectivity index (χ1) is 6.16. The molecule has 2 nitrogen and oxygen atoms in total. The zero-order valence-corrected chi connectivity index (χ0v) is 8.44. The van der Waals surface area contributed by atoms with Crippen LogP contribution in [0.4, 0.5) is 4.39 Å². The molecule has 0 heterocycles. The fourth-order valence-corrected chi connectivity index (χ4v) is 0.500. The fraction of sp³-hybridized carbons (Fsp3) is 0.400. The molecule has 0 aromatic heterocycles. The third-order valence-corrected chi connectivity index (χ3v) is 0.996. The average molecular weight is 186 g/mol. The number of nitrogens with one attached hydrogen (secondary N) is 1. The van der Waals surface area contributed by atoms with Crippen LogP contribution in [0, 0.1) is 0 Å². The highest BCUT2D eigenvalue weighted by atomic mass is 19.1. The summed E-state index contributed by atoms with van der Waals surface area (Å²) in [6.07, 6.45) is 2.82. The maximum atomic E-state index is 12.0.